The lowest BCUT2D eigenvalue weighted by molar-refractivity contribution is -0.152. The average Bonchev–Trinajstić information content (AvgIpc) is 2.65. The number of amides is 2. The topological polar surface area (TPSA) is 94.2 Å². The van der Waals surface area contributed by atoms with Crippen LogP contribution in [0.25, 0.3) is 0 Å². The summed E-state index contributed by atoms with van der Waals surface area (Å²) in [5.41, 5.74) is 0.326. The van der Waals surface area contributed by atoms with E-state index in [1.807, 2.05) is 41.5 Å². The highest BCUT2D eigenvalue weighted by Crippen LogP contribution is 2.28. The van der Waals surface area contributed by atoms with Gasteiger partial charge in [-0.1, -0.05) is 0 Å². The second kappa shape index (κ2) is 11.9. The summed E-state index contributed by atoms with van der Waals surface area (Å²) in [6.07, 6.45) is 0. The number of carbonyl (C=O) groups is 3. The van der Waals surface area contributed by atoms with Crippen molar-refractivity contribution in [3.05, 3.63) is 23.8 Å². The van der Waals surface area contributed by atoms with Crippen LogP contribution in [0.15, 0.2) is 18.2 Å². The fraction of sp³-hybridized carbons (Fsp3) is 0.571. The molecule has 0 bridgehead atoms. The normalized spacial score (nSPS) is 10.6. The Bertz CT molecular complexity index is 694. The Morgan fingerprint density at radius 3 is 2.10 bits per heavy atom. The Morgan fingerprint density at radius 2 is 1.55 bits per heavy atom. The van der Waals surface area contributed by atoms with E-state index in [9.17, 15) is 14.4 Å². The summed E-state index contributed by atoms with van der Waals surface area (Å²) in [6, 6.07) is 4.79. The largest absolute Gasteiger partial charge is 0.490 e. The molecule has 0 heterocycles. The molecule has 29 heavy (non-hydrogen) atoms. The smallest absolute Gasteiger partial charge is 0.325 e. The Morgan fingerprint density at radius 1 is 0.966 bits per heavy atom. The number of hydrogen-bond donors (Lipinski definition) is 1. The van der Waals surface area contributed by atoms with E-state index in [1.54, 1.807) is 23.1 Å². The zero-order chi connectivity index (χ0) is 22.0. The second-order valence-electron chi connectivity index (χ2n) is 6.86. The third-order valence-electron chi connectivity index (χ3n) is 3.96. The number of nitrogens with one attached hydrogen (secondary N) is 1. The van der Waals surface area contributed by atoms with E-state index in [0.717, 1.165) is 0 Å². The predicted octanol–water partition coefficient (Wildman–Crippen LogP) is 2.40. The van der Waals surface area contributed by atoms with Gasteiger partial charge in [-0.2, -0.15) is 0 Å². The number of ether oxygens (including phenoxy) is 3. The van der Waals surface area contributed by atoms with Gasteiger partial charge in [0.2, 0.25) is 0 Å². The molecule has 1 N–H and O–H groups in total. The van der Waals surface area contributed by atoms with Gasteiger partial charge in [-0.25, -0.2) is 0 Å². The third kappa shape index (κ3) is 7.63. The van der Waals surface area contributed by atoms with Gasteiger partial charge in [0, 0.05) is 17.6 Å². The number of rotatable bonds is 11. The first-order valence-corrected chi connectivity index (χ1v) is 9.85. The maximum absolute atomic E-state index is 12.3. The standard InChI is InChI=1S/C21H32N2O6/c1-7-27-17-10-9-16(11-18(17)28-8-2)21(26)22-12-20(25)29-13-19(24)23(14(3)4)15(5)6/h9-11,14-15H,7-8,12-13H2,1-6H3,(H,22,26). The zero-order valence-corrected chi connectivity index (χ0v) is 18.1. The first-order chi connectivity index (χ1) is 13.7. The monoisotopic (exact) mass is 408 g/mol. The number of esters is 1. The van der Waals surface area contributed by atoms with Crippen LogP contribution >= 0.6 is 0 Å². The van der Waals surface area contributed by atoms with Crippen molar-refractivity contribution in [2.24, 2.45) is 0 Å². The molecule has 162 valence electrons. The van der Waals surface area contributed by atoms with Crippen LogP contribution in [0.3, 0.4) is 0 Å². The van der Waals surface area contributed by atoms with E-state index in [0.29, 0.717) is 30.3 Å². The molecule has 0 atom stereocenters. The van der Waals surface area contributed by atoms with Crippen molar-refractivity contribution < 1.29 is 28.6 Å². The molecule has 0 aliphatic rings. The molecule has 2 amide bonds. The van der Waals surface area contributed by atoms with Gasteiger partial charge in [0.05, 0.1) is 13.2 Å². The molecule has 0 aromatic heterocycles. The second-order valence-corrected chi connectivity index (χ2v) is 6.86. The lowest BCUT2D eigenvalue weighted by atomic mass is 10.2. The molecular weight excluding hydrogens is 376 g/mol. The van der Waals surface area contributed by atoms with E-state index < -0.39 is 11.9 Å². The highest BCUT2D eigenvalue weighted by atomic mass is 16.5. The summed E-state index contributed by atoms with van der Waals surface area (Å²) in [6.45, 7) is 11.5. The summed E-state index contributed by atoms with van der Waals surface area (Å²) in [7, 11) is 0. The summed E-state index contributed by atoms with van der Waals surface area (Å²) in [5, 5.41) is 2.48. The van der Waals surface area contributed by atoms with E-state index in [4.69, 9.17) is 14.2 Å². The van der Waals surface area contributed by atoms with Crippen LogP contribution in [0.1, 0.15) is 51.9 Å². The Balaban J connectivity index is 2.60. The van der Waals surface area contributed by atoms with Crippen molar-refractivity contribution in [2.45, 2.75) is 53.6 Å². The van der Waals surface area contributed by atoms with Crippen molar-refractivity contribution in [1.82, 2.24) is 10.2 Å². The minimum atomic E-state index is -0.685. The third-order valence-corrected chi connectivity index (χ3v) is 3.96. The predicted molar refractivity (Wildman–Crippen MR) is 109 cm³/mol. The van der Waals surface area contributed by atoms with Crippen molar-refractivity contribution in [2.75, 3.05) is 26.4 Å². The van der Waals surface area contributed by atoms with Crippen LogP contribution in [0.2, 0.25) is 0 Å². The van der Waals surface area contributed by atoms with E-state index in [2.05, 4.69) is 5.32 Å². The summed E-state index contributed by atoms with van der Waals surface area (Å²) in [5.74, 6) is -0.415. The van der Waals surface area contributed by atoms with Crippen molar-refractivity contribution in [3.8, 4) is 11.5 Å². The van der Waals surface area contributed by atoms with Gasteiger partial charge in [-0.15, -0.1) is 0 Å². The SMILES string of the molecule is CCOc1ccc(C(=O)NCC(=O)OCC(=O)N(C(C)C)C(C)C)cc1OCC. The number of nitrogens with zero attached hydrogens (tertiary/aromatic N) is 1. The Hall–Kier alpha value is -2.77. The van der Waals surface area contributed by atoms with Crippen LogP contribution in [-0.2, 0) is 14.3 Å². The molecule has 0 saturated carbocycles. The quantitative estimate of drug-likeness (QED) is 0.565. The molecule has 8 heteroatoms. The van der Waals surface area contributed by atoms with Crippen LogP contribution in [0.5, 0.6) is 11.5 Å². The molecule has 0 aliphatic carbocycles. The number of carbonyl (C=O) groups excluding carboxylic acids is 3. The van der Waals surface area contributed by atoms with Gasteiger partial charge >= 0.3 is 5.97 Å². The van der Waals surface area contributed by atoms with Crippen LogP contribution < -0.4 is 14.8 Å². The van der Waals surface area contributed by atoms with Crippen molar-refractivity contribution in [1.29, 1.82) is 0 Å². The molecule has 1 rings (SSSR count). The van der Waals surface area contributed by atoms with Gasteiger partial charge in [0.1, 0.15) is 6.54 Å². The number of benzene rings is 1. The van der Waals surface area contributed by atoms with Gasteiger partial charge in [0.15, 0.2) is 18.1 Å². The molecule has 0 spiro atoms. The summed E-state index contributed by atoms with van der Waals surface area (Å²) < 4.78 is 16.0. The zero-order valence-electron chi connectivity index (χ0n) is 18.1. The van der Waals surface area contributed by atoms with Crippen molar-refractivity contribution in [3.63, 3.8) is 0 Å². The van der Waals surface area contributed by atoms with E-state index in [1.165, 1.54) is 0 Å². The van der Waals surface area contributed by atoms with Gasteiger partial charge in [-0.05, 0) is 59.7 Å². The Kier molecular flexibility index (Phi) is 9.99. The Labute approximate surface area is 172 Å². The highest BCUT2D eigenvalue weighted by Gasteiger charge is 2.21. The molecule has 0 radical (unpaired) electrons. The lowest BCUT2D eigenvalue weighted by Crippen LogP contribution is -2.44. The molecule has 8 nitrogen and oxygen atoms in total. The minimum Gasteiger partial charge on any atom is -0.490 e. The van der Waals surface area contributed by atoms with E-state index >= 15 is 0 Å². The fourth-order valence-electron chi connectivity index (χ4n) is 2.89. The molecule has 1 aromatic carbocycles. The van der Waals surface area contributed by atoms with Crippen molar-refractivity contribution >= 4 is 17.8 Å². The van der Waals surface area contributed by atoms with Gasteiger partial charge < -0.3 is 24.4 Å². The summed E-state index contributed by atoms with van der Waals surface area (Å²) >= 11 is 0. The maximum atomic E-state index is 12.3. The minimum absolute atomic E-state index is 0.0000924. The molecule has 0 unspecified atom stereocenters. The maximum Gasteiger partial charge on any atom is 0.325 e. The highest BCUT2D eigenvalue weighted by molar-refractivity contribution is 5.96. The van der Waals surface area contributed by atoms with Crippen LogP contribution in [-0.4, -0.2) is 61.1 Å². The summed E-state index contributed by atoms with van der Waals surface area (Å²) in [4.78, 5) is 38.1. The first kappa shape index (κ1) is 24.3. The fourth-order valence-corrected chi connectivity index (χ4v) is 2.89. The molecule has 0 saturated heterocycles. The number of hydrogen-bond acceptors (Lipinski definition) is 6. The molecular formula is C21H32N2O6. The lowest BCUT2D eigenvalue weighted by Gasteiger charge is -2.30. The van der Waals surface area contributed by atoms with Gasteiger partial charge in [-0.3, -0.25) is 14.4 Å². The van der Waals surface area contributed by atoms with Crippen LogP contribution in [0.4, 0.5) is 0 Å². The molecule has 1 aromatic rings. The average molecular weight is 408 g/mol. The first-order valence-electron chi connectivity index (χ1n) is 9.85. The molecule has 0 aliphatic heterocycles. The van der Waals surface area contributed by atoms with Gasteiger partial charge in [0.25, 0.3) is 11.8 Å². The van der Waals surface area contributed by atoms with Crippen LogP contribution in [0, 0.1) is 0 Å². The molecule has 0 fully saturated rings. The van der Waals surface area contributed by atoms with E-state index in [-0.39, 0.29) is 31.1 Å².